The maximum atomic E-state index is 12.6. The van der Waals surface area contributed by atoms with Gasteiger partial charge in [-0.3, -0.25) is 4.79 Å². The molecule has 4 aromatic rings. The summed E-state index contributed by atoms with van der Waals surface area (Å²) in [6.45, 7) is 0. The van der Waals surface area contributed by atoms with Gasteiger partial charge >= 0.3 is 0 Å². The number of hydrogen-bond acceptors (Lipinski definition) is 5. The molecule has 0 radical (unpaired) electrons. The summed E-state index contributed by atoms with van der Waals surface area (Å²) in [5.74, 6) is 0.436. The van der Waals surface area contributed by atoms with E-state index in [4.69, 9.17) is 5.73 Å². The van der Waals surface area contributed by atoms with E-state index in [1.54, 1.807) is 29.0 Å². The van der Waals surface area contributed by atoms with E-state index >= 15 is 0 Å². The SMILES string of the molecule is Nc1nc2ccccc2n1-c1nccc(C(=O)c2ccccc2)n1. The fourth-order valence-electron chi connectivity index (χ4n) is 2.57. The number of ketones is 1. The predicted octanol–water partition coefficient (Wildman–Crippen LogP) is 2.63. The molecule has 2 aromatic heterocycles. The van der Waals surface area contributed by atoms with Gasteiger partial charge in [0.2, 0.25) is 17.7 Å². The lowest BCUT2D eigenvalue weighted by Crippen LogP contribution is -2.10. The first kappa shape index (κ1) is 14.1. The van der Waals surface area contributed by atoms with Crippen LogP contribution in [-0.4, -0.2) is 25.3 Å². The Morgan fingerprint density at radius 3 is 2.50 bits per heavy atom. The average Bonchev–Trinajstić information content (AvgIpc) is 2.97. The quantitative estimate of drug-likeness (QED) is 0.587. The van der Waals surface area contributed by atoms with E-state index in [2.05, 4.69) is 15.0 Å². The number of anilines is 1. The molecule has 24 heavy (non-hydrogen) atoms. The highest BCUT2D eigenvalue weighted by molar-refractivity contribution is 6.07. The zero-order valence-corrected chi connectivity index (χ0v) is 12.6. The fourth-order valence-corrected chi connectivity index (χ4v) is 2.57. The molecule has 0 aliphatic heterocycles. The van der Waals surface area contributed by atoms with Crippen LogP contribution in [0.25, 0.3) is 17.0 Å². The van der Waals surface area contributed by atoms with E-state index in [9.17, 15) is 4.79 Å². The number of nitrogens with zero attached hydrogens (tertiary/aromatic N) is 4. The lowest BCUT2D eigenvalue weighted by molar-refractivity contribution is 0.103. The Labute approximate surface area is 137 Å². The highest BCUT2D eigenvalue weighted by atomic mass is 16.1. The third kappa shape index (κ3) is 2.30. The smallest absolute Gasteiger partial charge is 0.237 e. The van der Waals surface area contributed by atoms with Crippen molar-refractivity contribution < 1.29 is 4.79 Å². The van der Waals surface area contributed by atoms with Crippen LogP contribution in [0.15, 0.2) is 66.9 Å². The van der Waals surface area contributed by atoms with Gasteiger partial charge in [-0.15, -0.1) is 0 Å². The first-order valence-corrected chi connectivity index (χ1v) is 7.40. The predicted molar refractivity (Wildman–Crippen MR) is 90.9 cm³/mol. The van der Waals surface area contributed by atoms with E-state index in [0.29, 0.717) is 17.2 Å². The zero-order chi connectivity index (χ0) is 16.5. The highest BCUT2D eigenvalue weighted by Crippen LogP contribution is 2.20. The lowest BCUT2D eigenvalue weighted by atomic mass is 10.1. The van der Waals surface area contributed by atoms with E-state index in [1.807, 2.05) is 42.5 Å². The normalized spacial score (nSPS) is 10.8. The van der Waals surface area contributed by atoms with Gasteiger partial charge in [0.1, 0.15) is 5.69 Å². The topological polar surface area (TPSA) is 86.7 Å². The van der Waals surface area contributed by atoms with Crippen LogP contribution in [-0.2, 0) is 0 Å². The summed E-state index contributed by atoms with van der Waals surface area (Å²) < 4.78 is 1.64. The standard InChI is InChI=1S/C18H13N5O/c19-17-21-13-8-4-5-9-15(13)23(17)18-20-11-10-14(22-18)16(24)12-6-2-1-3-7-12/h1-11H,(H2,19,21). The number of aromatic nitrogens is 4. The van der Waals surface area contributed by atoms with E-state index in [1.165, 1.54) is 0 Å². The van der Waals surface area contributed by atoms with Crippen molar-refractivity contribution in [1.82, 2.24) is 19.5 Å². The third-order valence-corrected chi connectivity index (χ3v) is 3.70. The molecule has 0 amide bonds. The second-order valence-electron chi connectivity index (χ2n) is 5.23. The number of nitrogens with two attached hydrogens (primary N) is 1. The minimum atomic E-state index is -0.165. The molecule has 2 N–H and O–H groups in total. The molecule has 2 heterocycles. The van der Waals surface area contributed by atoms with Crippen LogP contribution in [0.4, 0.5) is 5.95 Å². The largest absolute Gasteiger partial charge is 0.369 e. The van der Waals surface area contributed by atoms with Gasteiger partial charge in [0.25, 0.3) is 0 Å². The molecule has 4 rings (SSSR count). The molecule has 0 aliphatic carbocycles. The van der Waals surface area contributed by atoms with Gasteiger partial charge in [0, 0.05) is 11.8 Å². The fraction of sp³-hybridized carbons (Fsp3) is 0. The second kappa shape index (κ2) is 5.58. The van der Waals surface area contributed by atoms with Gasteiger partial charge in [0.05, 0.1) is 11.0 Å². The number of imidazole rings is 1. The van der Waals surface area contributed by atoms with Crippen LogP contribution in [0.5, 0.6) is 0 Å². The first-order chi connectivity index (χ1) is 11.7. The molecule has 0 unspecified atom stereocenters. The molecule has 116 valence electrons. The van der Waals surface area contributed by atoms with E-state index < -0.39 is 0 Å². The molecule has 0 bridgehead atoms. The molecule has 0 fully saturated rings. The van der Waals surface area contributed by atoms with Crippen LogP contribution in [0.2, 0.25) is 0 Å². The molecular weight excluding hydrogens is 302 g/mol. The average molecular weight is 315 g/mol. The number of carbonyl (C=O) groups is 1. The van der Waals surface area contributed by atoms with Crippen molar-refractivity contribution >= 4 is 22.8 Å². The van der Waals surface area contributed by atoms with Crippen molar-refractivity contribution in [2.75, 3.05) is 5.73 Å². The van der Waals surface area contributed by atoms with Crippen molar-refractivity contribution in [1.29, 1.82) is 0 Å². The summed E-state index contributed by atoms with van der Waals surface area (Å²) in [7, 11) is 0. The molecular formula is C18H13N5O. The third-order valence-electron chi connectivity index (χ3n) is 3.70. The zero-order valence-electron chi connectivity index (χ0n) is 12.6. The number of hydrogen-bond donors (Lipinski definition) is 1. The van der Waals surface area contributed by atoms with Crippen LogP contribution in [0.1, 0.15) is 16.1 Å². The lowest BCUT2D eigenvalue weighted by Gasteiger charge is -2.06. The maximum absolute atomic E-state index is 12.6. The molecule has 0 spiro atoms. The van der Waals surface area contributed by atoms with Gasteiger partial charge in [0.15, 0.2) is 0 Å². The van der Waals surface area contributed by atoms with E-state index in [0.717, 1.165) is 11.0 Å². The Hall–Kier alpha value is -3.54. The van der Waals surface area contributed by atoms with Crippen molar-refractivity contribution in [2.45, 2.75) is 0 Å². The maximum Gasteiger partial charge on any atom is 0.237 e. The molecule has 0 aliphatic rings. The van der Waals surface area contributed by atoms with Gasteiger partial charge in [-0.05, 0) is 18.2 Å². The second-order valence-corrected chi connectivity index (χ2v) is 5.23. The Bertz CT molecular complexity index is 1040. The number of fused-ring (bicyclic) bond motifs is 1. The first-order valence-electron chi connectivity index (χ1n) is 7.40. The van der Waals surface area contributed by atoms with Crippen molar-refractivity contribution in [3.63, 3.8) is 0 Å². The van der Waals surface area contributed by atoms with Crippen LogP contribution >= 0.6 is 0 Å². The van der Waals surface area contributed by atoms with Crippen LogP contribution in [0, 0.1) is 0 Å². The summed E-state index contributed by atoms with van der Waals surface area (Å²) >= 11 is 0. The number of nitrogen functional groups attached to an aromatic ring is 1. The van der Waals surface area contributed by atoms with Gasteiger partial charge < -0.3 is 5.73 Å². The number of rotatable bonds is 3. The van der Waals surface area contributed by atoms with Crippen molar-refractivity contribution in [2.24, 2.45) is 0 Å². The number of benzene rings is 2. The molecule has 0 saturated heterocycles. The summed E-state index contributed by atoms with van der Waals surface area (Å²) in [6, 6.07) is 18.1. The number of carbonyl (C=O) groups excluding carboxylic acids is 1. The summed E-state index contributed by atoms with van der Waals surface area (Å²) in [5, 5.41) is 0. The van der Waals surface area contributed by atoms with Crippen molar-refractivity contribution in [3.8, 4) is 5.95 Å². The molecule has 0 atom stereocenters. The van der Waals surface area contributed by atoms with Crippen molar-refractivity contribution in [3.05, 3.63) is 78.1 Å². The summed E-state index contributed by atoms with van der Waals surface area (Å²) in [6.07, 6.45) is 1.55. The van der Waals surface area contributed by atoms with Gasteiger partial charge in [-0.2, -0.15) is 0 Å². The summed E-state index contributed by atoms with van der Waals surface area (Å²) in [4.78, 5) is 25.5. The Kier molecular flexibility index (Phi) is 3.28. The summed E-state index contributed by atoms with van der Waals surface area (Å²) in [5.41, 5.74) is 8.43. The number of para-hydroxylation sites is 2. The minimum Gasteiger partial charge on any atom is -0.369 e. The Morgan fingerprint density at radius 2 is 1.67 bits per heavy atom. The Balaban J connectivity index is 1.83. The monoisotopic (exact) mass is 315 g/mol. The van der Waals surface area contributed by atoms with Gasteiger partial charge in [-0.1, -0.05) is 42.5 Å². The molecule has 0 saturated carbocycles. The molecule has 6 heteroatoms. The highest BCUT2D eigenvalue weighted by Gasteiger charge is 2.15. The van der Waals surface area contributed by atoms with E-state index in [-0.39, 0.29) is 11.7 Å². The molecule has 2 aromatic carbocycles. The van der Waals surface area contributed by atoms with Crippen LogP contribution < -0.4 is 5.73 Å². The van der Waals surface area contributed by atoms with Crippen LogP contribution in [0.3, 0.4) is 0 Å². The minimum absolute atomic E-state index is 0.165. The van der Waals surface area contributed by atoms with Gasteiger partial charge in [-0.25, -0.2) is 19.5 Å². The Morgan fingerprint density at radius 1 is 0.917 bits per heavy atom. The molecule has 6 nitrogen and oxygen atoms in total.